The molecule has 72 valence electrons. The van der Waals surface area contributed by atoms with Crippen molar-refractivity contribution in [3.8, 4) is 0 Å². The van der Waals surface area contributed by atoms with Gasteiger partial charge in [-0.2, -0.15) is 0 Å². The van der Waals surface area contributed by atoms with Gasteiger partial charge < -0.3 is 9.67 Å². The number of hydrogen-bond donors (Lipinski definition) is 1. The van der Waals surface area contributed by atoms with Crippen molar-refractivity contribution in [2.24, 2.45) is 0 Å². The van der Waals surface area contributed by atoms with E-state index in [1.54, 1.807) is 0 Å². The third-order valence-electron chi connectivity index (χ3n) is 2.48. The van der Waals surface area contributed by atoms with Crippen LogP contribution in [0.15, 0.2) is 4.60 Å². The first kappa shape index (κ1) is 9.21. The summed E-state index contributed by atoms with van der Waals surface area (Å²) in [5.41, 5.74) is 1.30. The van der Waals surface area contributed by atoms with Crippen LogP contribution >= 0.6 is 15.9 Å². The highest BCUT2D eigenvalue weighted by Gasteiger charge is 2.17. The van der Waals surface area contributed by atoms with Crippen LogP contribution in [0.25, 0.3) is 0 Å². The van der Waals surface area contributed by atoms with Gasteiger partial charge in [0.1, 0.15) is 10.4 Å². The maximum Gasteiger partial charge on any atom is 0.127 e. The zero-order chi connectivity index (χ0) is 9.26. The molecule has 3 nitrogen and oxygen atoms in total. The largest absolute Gasteiger partial charge is 0.396 e. The molecule has 2 heterocycles. The fraction of sp³-hybridized carbons (Fsp3) is 0.667. The van der Waals surface area contributed by atoms with E-state index in [1.165, 1.54) is 18.5 Å². The van der Waals surface area contributed by atoms with E-state index in [2.05, 4.69) is 25.5 Å². The van der Waals surface area contributed by atoms with Gasteiger partial charge >= 0.3 is 0 Å². The van der Waals surface area contributed by atoms with Gasteiger partial charge in [-0.15, -0.1) is 0 Å². The third kappa shape index (κ3) is 1.65. The number of imidazole rings is 1. The lowest BCUT2D eigenvalue weighted by Crippen LogP contribution is -2.13. The summed E-state index contributed by atoms with van der Waals surface area (Å²) in [4.78, 5) is 4.40. The van der Waals surface area contributed by atoms with Crippen molar-refractivity contribution in [3.63, 3.8) is 0 Å². The van der Waals surface area contributed by atoms with Gasteiger partial charge in [-0.1, -0.05) is 0 Å². The average Bonchev–Trinajstić information content (AvgIpc) is 2.46. The Morgan fingerprint density at radius 2 is 2.31 bits per heavy atom. The molecule has 1 aromatic rings. The molecule has 1 aliphatic rings. The zero-order valence-corrected chi connectivity index (χ0v) is 9.05. The highest BCUT2D eigenvalue weighted by Crippen LogP contribution is 2.24. The number of hydrogen-bond acceptors (Lipinski definition) is 2. The van der Waals surface area contributed by atoms with Gasteiger partial charge in [0.25, 0.3) is 0 Å². The molecule has 0 bridgehead atoms. The van der Waals surface area contributed by atoms with Gasteiger partial charge in [-0.3, -0.25) is 0 Å². The Balaban J connectivity index is 2.36. The van der Waals surface area contributed by atoms with Crippen LogP contribution in [-0.2, 0) is 19.4 Å². The minimum Gasteiger partial charge on any atom is -0.396 e. The zero-order valence-electron chi connectivity index (χ0n) is 7.46. The van der Waals surface area contributed by atoms with E-state index in [9.17, 15) is 0 Å². The molecule has 1 aromatic heterocycles. The molecule has 4 heteroatoms. The summed E-state index contributed by atoms with van der Waals surface area (Å²) in [6.07, 6.45) is 4.26. The second-order valence-corrected chi connectivity index (χ2v) is 4.10. The topological polar surface area (TPSA) is 38.1 Å². The summed E-state index contributed by atoms with van der Waals surface area (Å²) in [5.74, 6) is 1.02. The molecule has 0 unspecified atom stereocenters. The number of aliphatic hydroxyl groups is 1. The summed E-state index contributed by atoms with van der Waals surface area (Å²) in [6, 6.07) is 0. The quantitative estimate of drug-likeness (QED) is 0.857. The highest BCUT2D eigenvalue weighted by atomic mass is 79.9. The van der Waals surface area contributed by atoms with Crippen LogP contribution < -0.4 is 0 Å². The van der Waals surface area contributed by atoms with Crippen molar-refractivity contribution >= 4 is 15.9 Å². The van der Waals surface area contributed by atoms with Gasteiger partial charge in [0.05, 0.1) is 12.3 Å². The summed E-state index contributed by atoms with van der Waals surface area (Å²) >= 11 is 3.46. The van der Waals surface area contributed by atoms with Crippen molar-refractivity contribution in [1.29, 1.82) is 0 Å². The fourth-order valence-corrected chi connectivity index (χ4v) is 2.48. The molecule has 1 aliphatic heterocycles. The number of aromatic nitrogens is 2. The molecular weight excluding hydrogens is 232 g/mol. The Kier molecular flexibility index (Phi) is 2.69. The maximum absolute atomic E-state index is 8.86. The molecule has 1 N–H and O–H groups in total. The van der Waals surface area contributed by atoms with Gasteiger partial charge in [0.15, 0.2) is 0 Å². The molecule has 0 aliphatic carbocycles. The lowest BCUT2D eigenvalue weighted by Gasteiger charge is -2.16. The van der Waals surface area contributed by atoms with E-state index in [1.807, 2.05) is 0 Å². The van der Waals surface area contributed by atoms with Crippen LogP contribution in [-0.4, -0.2) is 21.3 Å². The molecule has 0 saturated carbocycles. The highest BCUT2D eigenvalue weighted by molar-refractivity contribution is 9.10. The first-order valence-corrected chi connectivity index (χ1v) is 5.47. The van der Waals surface area contributed by atoms with Crippen molar-refractivity contribution in [2.45, 2.75) is 32.2 Å². The van der Waals surface area contributed by atoms with Gasteiger partial charge in [-0.25, -0.2) is 4.98 Å². The third-order valence-corrected chi connectivity index (χ3v) is 3.12. The summed E-state index contributed by atoms with van der Waals surface area (Å²) < 4.78 is 3.21. The average molecular weight is 245 g/mol. The smallest absolute Gasteiger partial charge is 0.127 e. The lowest BCUT2D eigenvalue weighted by molar-refractivity contribution is 0.293. The summed E-state index contributed by atoms with van der Waals surface area (Å²) in [6.45, 7) is 1.24. The predicted molar refractivity (Wildman–Crippen MR) is 53.7 cm³/mol. The van der Waals surface area contributed by atoms with E-state index >= 15 is 0 Å². The Morgan fingerprint density at radius 3 is 3.08 bits per heavy atom. The van der Waals surface area contributed by atoms with Crippen LogP contribution in [0.1, 0.15) is 24.4 Å². The molecule has 0 aromatic carbocycles. The molecule has 0 saturated heterocycles. The molecular formula is C9H13BrN2O. The Morgan fingerprint density at radius 1 is 1.46 bits per heavy atom. The normalized spacial score (nSPS) is 15.8. The molecule has 0 radical (unpaired) electrons. The standard InChI is InChI=1S/C9H13BrN2O/c10-9-7-3-1-2-5-12(7)8(11-9)4-6-13/h13H,1-6H2. The van der Waals surface area contributed by atoms with Crippen LogP contribution in [0.2, 0.25) is 0 Å². The molecule has 0 amide bonds. The van der Waals surface area contributed by atoms with E-state index in [-0.39, 0.29) is 6.61 Å². The number of nitrogens with zero attached hydrogens (tertiary/aromatic N) is 2. The Labute approximate surface area is 85.9 Å². The number of rotatable bonds is 2. The fourth-order valence-electron chi connectivity index (χ4n) is 1.86. The minimum absolute atomic E-state index is 0.183. The van der Waals surface area contributed by atoms with Gasteiger partial charge in [-0.05, 0) is 35.2 Å². The first-order valence-electron chi connectivity index (χ1n) is 4.67. The minimum atomic E-state index is 0.183. The van der Waals surface area contributed by atoms with E-state index in [0.29, 0.717) is 6.42 Å². The number of aliphatic hydroxyl groups excluding tert-OH is 1. The lowest BCUT2D eigenvalue weighted by atomic mass is 10.1. The Hall–Kier alpha value is -0.350. The Bertz CT molecular complexity index is 309. The first-order chi connectivity index (χ1) is 6.33. The number of fused-ring (bicyclic) bond motifs is 1. The molecule has 13 heavy (non-hydrogen) atoms. The molecule has 0 atom stereocenters. The second-order valence-electron chi connectivity index (χ2n) is 3.35. The van der Waals surface area contributed by atoms with E-state index < -0.39 is 0 Å². The monoisotopic (exact) mass is 244 g/mol. The van der Waals surface area contributed by atoms with E-state index in [0.717, 1.165) is 23.4 Å². The molecule has 2 rings (SSSR count). The van der Waals surface area contributed by atoms with Crippen molar-refractivity contribution in [3.05, 3.63) is 16.1 Å². The van der Waals surface area contributed by atoms with Gasteiger partial charge in [0.2, 0.25) is 0 Å². The molecule has 0 fully saturated rings. The second kappa shape index (κ2) is 3.80. The molecule has 0 spiro atoms. The van der Waals surface area contributed by atoms with Crippen LogP contribution in [0, 0.1) is 0 Å². The summed E-state index contributed by atoms with van der Waals surface area (Å²) in [7, 11) is 0. The summed E-state index contributed by atoms with van der Waals surface area (Å²) in [5, 5.41) is 8.86. The van der Waals surface area contributed by atoms with Crippen molar-refractivity contribution in [1.82, 2.24) is 9.55 Å². The predicted octanol–water partition coefficient (Wildman–Crippen LogP) is 1.52. The SMILES string of the molecule is OCCc1nc(Br)c2n1CCCC2. The van der Waals surface area contributed by atoms with Crippen LogP contribution in [0.4, 0.5) is 0 Å². The van der Waals surface area contributed by atoms with Crippen LogP contribution in [0.5, 0.6) is 0 Å². The van der Waals surface area contributed by atoms with Gasteiger partial charge in [0, 0.05) is 13.0 Å². The maximum atomic E-state index is 8.86. The van der Waals surface area contributed by atoms with E-state index in [4.69, 9.17) is 5.11 Å². The van der Waals surface area contributed by atoms with Crippen molar-refractivity contribution < 1.29 is 5.11 Å². The van der Waals surface area contributed by atoms with Crippen molar-refractivity contribution in [2.75, 3.05) is 6.61 Å². The van der Waals surface area contributed by atoms with Crippen LogP contribution in [0.3, 0.4) is 0 Å². The number of halogens is 1.